The number of hydrogen-bond donors (Lipinski definition) is 0. The molecule has 59 heavy (non-hydrogen) atoms. The second-order valence-corrected chi connectivity index (χ2v) is 15.6. The van der Waals surface area contributed by atoms with Crippen molar-refractivity contribution in [3.8, 4) is 56.4 Å². The summed E-state index contributed by atoms with van der Waals surface area (Å²) in [4.78, 5) is 17.1. The molecule has 5 nitrogen and oxygen atoms in total. The molecule has 0 aliphatic heterocycles. The molecular weight excluding hydrogens is 721 g/mol. The summed E-state index contributed by atoms with van der Waals surface area (Å²) in [6.45, 7) is 4.65. The van der Waals surface area contributed by atoms with Gasteiger partial charge >= 0.3 is 0 Å². The first kappa shape index (κ1) is 34.6. The van der Waals surface area contributed by atoms with E-state index in [0.717, 1.165) is 66.8 Å². The third-order valence-electron chi connectivity index (χ3n) is 11.7. The maximum atomic E-state index is 6.58. The minimum absolute atomic E-state index is 0.0475. The molecule has 11 rings (SSSR count). The predicted octanol–water partition coefficient (Wildman–Crippen LogP) is 14.2. The fourth-order valence-electron chi connectivity index (χ4n) is 8.80. The van der Waals surface area contributed by atoms with Gasteiger partial charge in [-0.05, 0) is 88.0 Å². The molecule has 0 bridgehead atoms. The lowest BCUT2D eigenvalue weighted by Gasteiger charge is -2.27. The number of nitrogens with zero attached hydrogens (tertiary/aromatic N) is 4. The first-order valence-corrected chi connectivity index (χ1v) is 20.0. The van der Waals surface area contributed by atoms with Crippen LogP contribution in [0.1, 0.15) is 25.0 Å². The molecule has 280 valence electrons. The van der Waals surface area contributed by atoms with E-state index in [4.69, 9.17) is 19.4 Å². The van der Waals surface area contributed by atoms with Gasteiger partial charge in [-0.1, -0.05) is 153 Å². The van der Waals surface area contributed by atoms with Crippen LogP contribution in [0.5, 0.6) is 0 Å². The van der Waals surface area contributed by atoms with Gasteiger partial charge in [-0.2, -0.15) is 0 Å². The zero-order chi connectivity index (χ0) is 39.5. The molecule has 0 unspecified atom stereocenters. The van der Waals surface area contributed by atoms with Crippen LogP contribution in [0, 0.1) is 0 Å². The van der Waals surface area contributed by atoms with Crippen LogP contribution in [0.2, 0.25) is 0 Å². The molecule has 2 aromatic heterocycles. The van der Waals surface area contributed by atoms with Gasteiger partial charge in [0.2, 0.25) is 0 Å². The zero-order valence-corrected chi connectivity index (χ0v) is 32.7. The van der Waals surface area contributed by atoms with Crippen LogP contribution in [0.3, 0.4) is 0 Å². The smallest absolute Gasteiger partial charge is 0.164 e. The van der Waals surface area contributed by atoms with Crippen molar-refractivity contribution < 1.29 is 4.42 Å². The van der Waals surface area contributed by atoms with E-state index in [9.17, 15) is 0 Å². The molecule has 5 heteroatoms. The van der Waals surface area contributed by atoms with E-state index in [1.54, 1.807) is 0 Å². The Bertz CT molecular complexity index is 3120. The topological polar surface area (TPSA) is 55.1 Å². The van der Waals surface area contributed by atoms with Gasteiger partial charge in [-0.3, -0.25) is 0 Å². The van der Waals surface area contributed by atoms with Crippen LogP contribution in [0.15, 0.2) is 199 Å². The number of anilines is 3. The molecular formula is C54H38N4O. The molecule has 0 atom stereocenters. The van der Waals surface area contributed by atoms with Gasteiger partial charge < -0.3 is 9.32 Å². The summed E-state index contributed by atoms with van der Waals surface area (Å²) in [5, 5.41) is 2.11. The van der Waals surface area contributed by atoms with Gasteiger partial charge in [0.15, 0.2) is 17.5 Å². The maximum Gasteiger partial charge on any atom is 0.164 e. The second kappa shape index (κ2) is 13.8. The van der Waals surface area contributed by atoms with Crippen LogP contribution >= 0.6 is 0 Å². The Morgan fingerprint density at radius 1 is 0.390 bits per heavy atom. The number of hydrogen-bond acceptors (Lipinski definition) is 5. The highest BCUT2D eigenvalue weighted by Gasteiger charge is 2.35. The molecule has 0 amide bonds. The number of benzene rings is 8. The fourth-order valence-corrected chi connectivity index (χ4v) is 8.80. The summed E-state index contributed by atoms with van der Waals surface area (Å²) < 4.78 is 6.58. The van der Waals surface area contributed by atoms with Crippen LogP contribution in [-0.2, 0) is 5.41 Å². The predicted molar refractivity (Wildman–Crippen MR) is 241 cm³/mol. The Morgan fingerprint density at radius 3 is 1.63 bits per heavy atom. The summed E-state index contributed by atoms with van der Waals surface area (Å²) in [6, 6.07) is 67.9. The number of para-hydroxylation sites is 1. The van der Waals surface area contributed by atoms with E-state index in [2.05, 4.69) is 146 Å². The number of rotatable bonds is 7. The number of fused-ring (bicyclic) bond motifs is 6. The number of furan rings is 1. The van der Waals surface area contributed by atoms with Crippen molar-refractivity contribution in [3.63, 3.8) is 0 Å². The molecule has 0 N–H and O–H groups in total. The summed E-state index contributed by atoms with van der Waals surface area (Å²) in [5.41, 5.74) is 15.2. The quantitative estimate of drug-likeness (QED) is 0.162. The van der Waals surface area contributed by atoms with Crippen LogP contribution in [-0.4, -0.2) is 15.0 Å². The molecule has 0 saturated heterocycles. The van der Waals surface area contributed by atoms with E-state index in [0.29, 0.717) is 17.5 Å². The van der Waals surface area contributed by atoms with Crippen molar-refractivity contribution in [1.82, 2.24) is 15.0 Å². The van der Waals surface area contributed by atoms with E-state index >= 15 is 0 Å². The highest BCUT2D eigenvalue weighted by molar-refractivity contribution is 6.13. The molecule has 2 heterocycles. The standard InChI is InChI=1S/C54H38N4O/c1-54(2)46-23-13-12-21-43(46)45-34-41(30-32-47(45)54)58(39-19-10-5-11-20-39)40-28-25-35(26-29-40)42-22-14-24-48-50(42)44-31-27-38(33-49(44)59-48)53-56-51(36-15-6-3-7-16-36)55-52(57-53)37-17-8-4-9-18-37/h3-34H,1-2H3. The normalized spacial score (nSPS) is 12.7. The largest absolute Gasteiger partial charge is 0.456 e. The first-order chi connectivity index (χ1) is 29.0. The summed E-state index contributed by atoms with van der Waals surface area (Å²) in [5.74, 6) is 1.84. The molecule has 10 aromatic rings. The van der Waals surface area contributed by atoms with Gasteiger partial charge in [0, 0.05) is 49.9 Å². The minimum atomic E-state index is -0.0475. The van der Waals surface area contributed by atoms with Crippen molar-refractivity contribution in [3.05, 3.63) is 205 Å². The van der Waals surface area contributed by atoms with Crippen molar-refractivity contribution in [2.75, 3.05) is 4.90 Å². The lowest BCUT2D eigenvalue weighted by molar-refractivity contribution is 0.660. The zero-order valence-electron chi connectivity index (χ0n) is 32.7. The van der Waals surface area contributed by atoms with Crippen molar-refractivity contribution in [2.45, 2.75) is 19.3 Å². The van der Waals surface area contributed by atoms with Crippen LogP contribution in [0.25, 0.3) is 78.4 Å². The molecule has 8 aromatic carbocycles. The average molecular weight is 759 g/mol. The van der Waals surface area contributed by atoms with Crippen molar-refractivity contribution >= 4 is 39.0 Å². The molecule has 0 spiro atoms. The Hall–Kier alpha value is -7.63. The average Bonchev–Trinajstić information content (AvgIpc) is 3.79. The summed E-state index contributed by atoms with van der Waals surface area (Å²) in [6.07, 6.45) is 0. The lowest BCUT2D eigenvalue weighted by Crippen LogP contribution is -2.15. The van der Waals surface area contributed by atoms with E-state index in [1.807, 2.05) is 66.7 Å². The molecule has 0 saturated carbocycles. The van der Waals surface area contributed by atoms with E-state index < -0.39 is 0 Å². The molecule has 0 fully saturated rings. The highest BCUT2D eigenvalue weighted by atomic mass is 16.3. The Morgan fingerprint density at radius 2 is 0.932 bits per heavy atom. The van der Waals surface area contributed by atoms with Gasteiger partial charge in [-0.25, -0.2) is 15.0 Å². The van der Waals surface area contributed by atoms with Crippen molar-refractivity contribution in [2.24, 2.45) is 0 Å². The van der Waals surface area contributed by atoms with E-state index in [1.165, 1.54) is 22.3 Å². The van der Waals surface area contributed by atoms with Gasteiger partial charge in [0.1, 0.15) is 11.2 Å². The Balaban J connectivity index is 0.980. The number of aromatic nitrogens is 3. The summed E-state index contributed by atoms with van der Waals surface area (Å²) >= 11 is 0. The highest BCUT2D eigenvalue weighted by Crippen LogP contribution is 2.50. The fraction of sp³-hybridized carbons (Fsp3) is 0.0556. The minimum Gasteiger partial charge on any atom is -0.456 e. The molecule has 1 aliphatic carbocycles. The lowest BCUT2D eigenvalue weighted by atomic mass is 9.82. The van der Waals surface area contributed by atoms with Gasteiger partial charge in [0.25, 0.3) is 0 Å². The SMILES string of the molecule is CC1(C)c2ccccc2-c2cc(N(c3ccccc3)c3ccc(-c4cccc5oc6cc(-c7nc(-c8ccccc8)nc(-c8ccccc8)n7)ccc6c45)cc3)ccc21. The van der Waals surface area contributed by atoms with Crippen molar-refractivity contribution in [1.29, 1.82) is 0 Å². The Labute approximate surface area is 342 Å². The third-order valence-corrected chi connectivity index (χ3v) is 11.7. The van der Waals surface area contributed by atoms with Crippen LogP contribution in [0.4, 0.5) is 17.1 Å². The van der Waals surface area contributed by atoms with Crippen LogP contribution < -0.4 is 4.90 Å². The summed E-state index contributed by atoms with van der Waals surface area (Å²) in [7, 11) is 0. The van der Waals surface area contributed by atoms with Gasteiger partial charge in [0.05, 0.1) is 0 Å². The Kier molecular flexibility index (Phi) is 8.09. The molecule has 1 aliphatic rings. The molecule has 0 radical (unpaired) electrons. The third kappa shape index (κ3) is 5.90. The van der Waals surface area contributed by atoms with E-state index in [-0.39, 0.29) is 5.41 Å². The first-order valence-electron chi connectivity index (χ1n) is 20.0. The van der Waals surface area contributed by atoms with Gasteiger partial charge in [-0.15, -0.1) is 0 Å². The second-order valence-electron chi connectivity index (χ2n) is 15.6. The monoisotopic (exact) mass is 758 g/mol. The maximum absolute atomic E-state index is 6.58.